The minimum absolute atomic E-state index is 0.120. The Hall–Kier alpha value is -1.44. The third kappa shape index (κ3) is 4.29. The second-order valence-electron chi connectivity index (χ2n) is 5.63. The highest BCUT2D eigenvalue weighted by Crippen LogP contribution is 2.15. The molecule has 1 aromatic carbocycles. The van der Waals surface area contributed by atoms with Gasteiger partial charge < -0.3 is 10.2 Å². The molecule has 1 heterocycles. The van der Waals surface area contributed by atoms with Crippen LogP contribution in [0.5, 0.6) is 0 Å². The average Bonchev–Trinajstić information content (AvgIpc) is 2.47. The highest BCUT2D eigenvalue weighted by atomic mass is 19.1. The van der Waals surface area contributed by atoms with Crippen molar-refractivity contribution >= 4 is 0 Å². The predicted molar refractivity (Wildman–Crippen MR) is 77.7 cm³/mol. The lowest BCUT2D eigenvalue weighted by Gasteiger charge is -2.30. The molecule has 0 saturated carbocycles. The number of nitriles is 1. The lowest BCUT2D eigenvalue weighted by atomic mass is 9.99. The molecule has 1 saturated heterocycles. The van der Waals surface area contributed by atoms with Crippen LogP contribution in [0, 0.1) is 23.1 Å². The minimum atomic E-state index is -0.446. The molecule has 20 heavy (non-hydrogen) atoms. The SMILES string of the molecule is CC1CCN(CCNCc2ccc(F)c(C#N)c2)CC1. The van der Waals surface area contributed by atoms with Crippen molar-refractivity contribution < 1.29 is 4.39 Å². The van der Waals surface area contributed by atoms with E-state index in [-0.39, 0.29) is 5.56 Å². The number of nitrogens with zero attached hydrogens (tertiary/aromatic N) is 2. The maximum atomic E-state index is 13.2. The molecule has 0 atom stereocenters. The first-order valence-corrected chi connectivity index (χ1v) is 7.30. The van der Waals surface area contributed by atoms with E-state index in [1.807, 2.05) is 6.07 Å². The molecule has 0 unspecified atom stereocenters. The van der Waals surface area contributed by atoms with Crippen molar-refractivity contribution in [3.8, 4) is 6.07 Å². The van der Waals surface area contributed by atoms with Gasteiger partial charge in [0.15, 0.2) is 0 Å². The molecule has 0 radical (unpaired) electrons. The second kappa shape index (κ2) is 7.37. The quantitative estimate of drug-likeness (QED) is 0.839. The monoisotopic (exact) mass is 275 g/mol. The summed E-state index contributed by atoms with van der Waals surface area (Å²) in [7, 11) is 0. The highest BCUT2D eigenvalue weighted by Gasteiger charge is 2.14. The lowest BCUT2D eigenvalue weighted by molar-refractivity contribution is 0.193. The number of rotatable bonds is 5. The fourth-order valence-electron chi connectivity index (χ4n) is 2.52. The lowest BCUT2D eigenvalue weighted by Crippen LogP contribution is -2.37. The van der Waals surface area contributed by atoms with E-state index in [9.17, 15) is 4.39 Å². The largest absolute Gasteiger partial charge is 0.311 e. The van der Waals surface area contributed by atoms with Gasteiger partial charge in [0.25, 0.3) is 0 Å². The average molecular weight is 275 g/mol. The van der Waals surface area contributed by atoms with Gasteiger partial charge in [-0.05, 0) is 49.5 Å². The zero-order chi connectivity index (χ0) is 14.4. The van der Waals surface area contributed by atoms with E-state index in [1.54, 1.807) is 12.1 Å². The number of benzene rings is 1. The summed E-state index contributed by atoms with van der Waals surface area (Å²) in [5.74, 6) is 0.418. The van der Waals surface area contributed by atoms with Crippen LogP contribution in [0.25, 0.3) is 0 Å². The van der Waals surface area contributed by atoms with Gasteiger partial charge in [-0.1, -0.05) is 13.0 Å². The number of nitrogens with one attached hydrogen (secondary N) is 1. The maximum Gasteiger partial charge on any atom is 0.140 e. The molecule has 0 bridgehead atoms. The molecule has 0 aromatic heterocycles. The summed E-state index contributed by atoms with van der Waals surface area (Å²) < 4.78 is 13.2. The van der Waals surface area contributed by atoms with Gasteiger partial charge in [-0.2, -0.15) is 5.26 Å². The van der Waals surface area contributed by atoms with Gasteiger partial charge in [-0.3, -0.25) is 0 Å². The van der Waals surface area contributed by atoms with E-state index in [1.165, 1.54) is 32.0 Å². The molecular formula is C16H22FN3. The van der Waals surface area contributed by atoms with E-state index >= 15 is 0 Å². The molecule has 0 aliphatic carbocycles. The van der Waals surface area contributed by atoms with Crippen LogP contribution in [-0.4, -0.2) is 31.1 Å². The number of hydrogen-bond acceptors (Lipinski definition) is 3. The Balaban J connectivity index is 1.70. The van der Waals surface area contributed by atoms with Gasteiger partial charge >= 0.3 is 0 Å². The molecule has 108 valence electrons. The van der Waals surface area contributed by atoms with E-state index in [4.69, 9.17) is 5.26 Å². The zero-order valence-electron chi connectivity index (χ0n) is 12.0. The first-order chi connectivity index (χ1) is 9.69. The fraction of sp³-hybridized carbons (Fsp3) is 0.562. The van der Waals surface area contributed by atoms with Crippen LogP contribution in [0.4, 0.5) is 4.39 Å². The Morgan fingerprint density at radius 3 is 2.85 bits per heavy atom. The van der Waals surface area contributed by atoms with Gasteiger partial charge in [-0.15, -0.1) is 0 Å². The summed E-state index contributed by atoms with van der Waals surface area (Å²) >= 11 is 0. The molecule has 1 N–H and O–H groups in total. The third-order valence-electron chi connectivity index (χ3n) is 3.96. The van der Waals surface area contributed by atoms with Crippen molar-refractivity contribution in [2.75, 3.05) is 26.2 Å². The van der Waals surface area contributed by atoms with Crippen LogP contribution in [0.2, 0.25) is 0 Å². The van der Waals surface area contributed by atoms with E-state index in [0.717, 1.165) is 24.6 Å². The zero-order valence-corrected chi connectivity index (χ0v) is 12.0. The number of halogens is 1. The molecule has 4 heteroatoms. The summed E-state index contributed by atoms with van der Waals surface area (Å²) in [6.45, 7) is 7.36. The summed E-state index contributed by atoms with van der Waals surface area (Å²) in [6, 6.07) is 6.58. The summed E-state index contributed by atoms with van der Waals surface area (Å²) in [5, 5.41) is 12.1. The number of likely N-dealkylation sites (tertiary alicyclic amines) is 1. The van der Waals surface area contributed by atoms with Crippen molar-refractivity contribution in [2.24, 2.45) is 5.92 Å². The molecule has 1 aromatic rings. The number of piperidine rings is 1. The van der Waals surface area contributed by atoms with Crippen molar-refractivity contribution in [3.05, 3.63) is 35.1 Å². The summed E-state index contributed by atoms with van der Waals surface area (Å²) in [5.41, 5.74) is 1.07. The predicted octanol–water partition coefficient (Wildman–Crippen LogP) is 2.52. The Labute approximate surface area is 120 Å². The van der Waals surface area contributed by atoms with Crippen LogP contribution in [0.3, 0.4) is 0 Å². The molecular weight excluding hydrogens is 253 g/mol. The Morgan fingerprint density at radius 1 is 1.40 bits per heavy atom. The molecule has 0 amide bonds. The van der Waals surface area contributed by atoms with E-state index in [0.29, 0.717) is 6.54 Å². The Bertz CT molecular complexity index is 473. The van der Waals surface area contributed by atoms with Gasteiger partial charge in [0.1, 0.15) is 11.9 Å². The fourth-order valence-corrected chi connectivity index (χ4v) is 2.52. The van der Waals surface area contributed by atoms with Crippen LogP contribution >= 0.6 is 0 Å². The maximum absolute atomic E-state index is 13.2. The number of hydrogen-bond donors (Lipinski definition) is 1. The van der Waals surface area contributed by atoms with E-state index < -0.39 is 5.82 Å². The van der Waals surface area contributed by atoms with Crippen molar-refractivity contribution in [1.29, 1.82) is 5.26 Å². The van der Waals surface area contributed by atoms with Crippen LogP contribution in [-0.2, 0) is 6.54 Å². The van der Waals surface area contributed by atoms with Gasteiger partial charge in [0.2, 0.25) is 0 Å². The first kappa shape index (κ1) is 15.0. The normalized spacial score (nSPS) is 17.1. The topological polar surface area (TPSA) is 39.1 Å². The highest BCUT2D eigenvalue weighted by molar-refractivity contribution is 5.34. The smallest absolute Gasteiger partial charge is 0.140 e. The first-order valence-electron chi connectivity index (χ1n) is 7.30. The second-order valence-corrected chi connectivity index (χ2v) is 5.63. The van der Waals surface area contributed by atoms with Crippen molar-refractivity contribution in [3.63, 3.8) is 0 Å². The molecule has 1 aliphatic heterocycles. The molecule has 1 fully saturated rings. The van der Waals surface area contributed by atoms with Gasteiger partial charge in [0, 0.05) is 19.6 Å². The van der Waals surface area contributed by atoms with Crippen LogP contribution in [0.1, 0.15) is 30.9 Å². The minimum Gasteiger partial charge on any atom is -0.311 e. The van der Waals surface area contributed by atoms with Crippen LogP contribution in [0.15, 0.2) is 18.2 Å². The molecule has 3 nitrogen and oxygen atoms in total. The molecule has 2 rings (SSSR count). The van der Waals surface area contributed by atoms with Crippen molar-refractivity contribution in [2.45, 2.75) is 26.3 Å². The van der Waals surface area contributed by atoms with Crippen molar-refractivity contribution in [1.82, 2.24) is 10.2 Å². The van der Waals surface area contributed by atoms with Crippen LogP contribution < -0.4 is 5.32 Å². The Morgan fingerprint density at radius 2 is 2.15 bits per heavy atom. The summed E-state index contributed by atoms with van der Waals surface area (Å²) in [6.07, 6.45) is 2.59. The third-order valence-corrected chi connectivity index (χ3v) is 3.96. The molecule has 1 aliphatic rings. The van der Waals surface area contributed by atoms with Gasteiger partial charge in [-0.25, -0.2) is 4.39 Å². The van der Waals surface area contributed by atoms with E-state index in [2.05, 4.69) is 17.1 Å². The van der Waals surface area contributed by atoms with Gasteiger partial charge in [0.05, 0.1) is 5.56 Å². The summed E-state index contributed by atoms with van der Waals surface area (Å²) in [4.78, 5) is 2.48. The standard InChI is InChI=1S/C16H22FN3/c1-13-4-7-20(8-5-13)9-6-19-12-14-2-3-16(17)15(10-14)11-18/h2-3,10,13,19H,4-9,12H2,1H3. The Kier molecular flexibility index (Phi) is 5.51. The molecule has 0 spiro atoms.